The number of nitrogens with zero attached hydrogens (tertiary/aromatic N) is 1. The quantitative estimate of drug-likeness (QED) is 0.748. The maximum atomic E-state index is 13.0. The third-order valence-corrected chi connectivity index (χ3v) is 3.25. The summed E-state index contributed by atoms with van der Waals surface area (Å²) in [5.74, 6) is -1.73. The van der Waals surface area contributed by atoms with Crippen molar-refractivity contribution in [3.8, 4) is 0 Å². The van der Waals surface area contributed by atoms with E-state index < -0.39 is 17.0 Å². The van der Waals surface area contributed by atoms with Gasteiger partial charge in [0.2, 0.25) is 5.91 Å². The van der Waals surface area contributed by atoms with Crippen LogP contribution in [-0.4, -0.2) is 23.9 Å². The summed E-state index contributed by atoms with van der Waals surface area (Å²) in [6, 6.07) is 2.94. The van der Waals surface area contributed by atoms with Crippen LogP contribution in [-0.2, 0) is 4.79 Å². The zero-order valence-corrected chi connectivity index (χ0v) is 9.88. The van der Waals surface area contributed by atoms with E-state index in [-0.39, 0.29) is 11.5 Å². The van der Waals surface area contributed by atoms with Gasteiger partial charge in [0.05, 0.1) is 0 Å². The number of alkyl halides is 1. The average molecular weight is 260 g/mol. The largest absolute Gasteiger partial charge is 0.341 e. The minimum atomic E-state index is -1.02. The van der Waals surface area contributed by atoms with Crippen molar-refractivity contribution < 1.29 is 13.6 Å². The van der Waals surface area contributed by atoms with Crippen molar-refractivity contribution in [3.05, 3.63) is 35.4 Å². The lowest BCUT2D eigenvalue weighted by Gasteiger charge is -2.19. The van der Waals surface area contributed by atoms with Crippen molar-refractivity contribution in [1.82, 2.24) is 4.90 Å². The molecule has 1 unspecified atom stereocenters. The van der Waals surface area contributed by atoms with Crippen molar-refractivity contribution >= 4 is 17.5 Å². The Bertz CT molecular complexity index is 412. The Kier molecular flexibility index (Phi) is 3.62. The second kappa shape index (κ2) is 5.00. The van der Waals surface area contributed by atoms with Crippen LogP contribution in [0, 0.1) is 11.6 Å². The number of halogens is 3. The molecule has 17 heavy (non-hydrogen) atoms. The van der Waals surface area contributed by atoms with Crippen LogP contribution in [0.4, 0.5) is 8.78 Å². The van der Waals surface area contributed by atoms with E-state index in [9.17, 15) is 13.6 Å². The fourth-order valence-corrected chi connectivity index (χ4v) is 2.23. The minimum absolute atomic E-state index is 0.168. The summed E-state index contributed by atoms with van der Waals surface area (Å²) in [5, 5.41) is -1.02. The van der Waals surface area contributed by atoms with E-state index >= 15 is 0 Å². The molecule has 1 fully saturated rings. The van der Waals surface area contributed by atoms with E-state index in [4.69, 9.17) is 11.6 Å². The van der Waals surface area contributed by atoms with E-state index in [1.807, 2.05) is 0 Å². The van der Waals surface area contributed by atoms with Crippen molar-refractivity contribution in [3.63, 3.8) is 0 Å². The standard InChI is InChI=1S/C12H12ClF2NO/c13-11(12(17)16-3-1-2-4-16)8-5-9(14)7-10(15)6-8/h5-7,11H,1-4H2. The van der Waals surface area contributed by atoms with Gasteiger partial charge in [0, 0.05) is 19.2 Å². The normalized spacial score (nSPS) is 17.2. The fraction of sp³-hybridized carbons (Fsp3) is 0.417. The fourth-order valence-electron chi connectivity index (χ4n) is 1.96. The first kappa shape index (κ1) is 12.3. The van der Waals surface area contributed by atoms with Gasteiger partial charge in [-0.25, -0.2) is 8.78 Å². The molecule has 1 aromatic rings. The summed E-state index contributed by atoms with van der Waals surface area (Å²) in [7, 11) is 0. The Hall–Kier alpha value is -1.16. The molecule has 2 rings (SSSR count). The topological polar surface area (TPSA) is 20.3 Å². The molecule has 2 nitrogen and oxygen atoms in total. The monoisotopic (exact) mass is 259 g/mol. The van der Waals surface area contributed by atoms with Gasteiger partial charge in [-0.05, 0) is 30.5 Å². The zero-order chi connectivity index (χ0) is 12.4. The van der Waals surface area contributed by atoms with Crippen LogP contribution in [0.15, 0.2) is 18.2 Å². The molecule has 1 amide bonds. The van der Waals surface area contributed by atoms with Crippen molar-refractivity contribution in [2.24, 2.45) is 0 Å². The Morgan fingerprint density at radius 3 is 2.24 bits per heavy atom. The van der Waals surface area contributed by atoms with Crippen LogP contribution in [0.25, 0.3) is 0 Å². The van der Waals surface area contributed by atoms with Gasteiger partial charge >= 0.3 is 0 Å². The number of hydrogen-bond donors (Lipinski definition) is 0. The van der Waals surface area contributed by atoms with Crippen LogP contribution in [0.2, 0.25) is 0 Å². The van der Waals surface area contributed by atoms with Crippen molar-refractivity contribution in [1.29, 1.82) is 0 Å². The molecule has 0 aliphatic carbocycles. The van der Waals surface area contributed by atoms with E-state index in [2.05, 4.69) is 0 Å². The van der Waals surface area contributed by atoms with Crippen LogP contribution in [0.1, 0.15) is 23.8 Å². The summed E-state index contributed by atoms with van der Waals surface area (Å²) in [4.78, 5) is 13.5. The molecule has 0 radical (unpaired) electrons. The third-order valence-electron chi connectivity index (χ3n) is 2.81. The van der Waals surface area contributed by atoms with Crippen LogP contribution >= 0.6 is 11.6 Å². The van der Waals surface area contributed by atoms with Gasteiger partial charge in [-0.15, -0.1) is 11.6 Å². The number of benzene rings is 1. The lowest BCUT2D eigenvalue weighted by molar-refractivity contribution is -0.129. The minimum Gasteiger partial charge on any atom is -0.341 e. The van der Waals surface area contributed by atoms with E-state index in [0.29, 0.717) is 13.1 Å². The Labute approximate surface area is 103 Å². The molecule has 1 aliphatic heterocycles. The van der Waals surface area contributed by atoms with E-state index in [1.165, 1.54) is 0 Å². The number of amides is 1. The molecular weight excluding hydrogens is 248 g/mol. The molecule has 1 aromatic carbocycles. The first-order valence-corrected chi connectivity index (χ1v) is 5.90. The van der Waals surface area contributed by atoms with Gasteiger partial charge < -0.3 is 4.90 Å². The molecule has 92 valence electrons. The highest BCUT2D eigenvalue weighted by Crippen LogP contribution is 2.26. The first-order chi connectivity index (χ1) is 8.08. The summed E-state index contributed by atoms with van der Waals surface area (Å²) in [6.07, 6.45) is 1.90. The smallest absolute Gasteiger partial charge is 0.245 e. The molecule has 1 heterocycles. The molecule has 0 N–H and O–H groups in total. The lowest BCUT2D eigenvalue weighted by atomic mass is 10.1. The number of rotatable bonds is 2. The Balaban J connectivity index is 2.17. The van der Waals surface area contributed by atoms with Crippen molar-refractivity contribution in [2.45, 2.75) is 18.2 Å². The van der Waals surface area contributed by atoms with Crippen molar-refractivity contribution in [2.75, 3.05) is 13.1 Å². The van der Waals surface area contributed by atoms with Gasteiger partial charge in [-0.2, -0.15) is 0 Å². The molecular formula is C12H12ClF2NO. The van der Waals surface area contributed by atoms with Crippen LogP contribution in [0.3, 0.4) is 0 Å². The third kappa shape index (κ3) is 2.75. The van der Waals surface area contributed by atoms with Gasteiger partial charge in [0.25, 0.3) is 0 Å². The molecule has 0 saturated carbocycles. The highest BCUT2D eigenvalue weighted by Gasteiger charge is 2.26. The van der Waals surface area contributed by atoms with Crippen LogP contribution < -0.4 is 0 Å². The maximum Gasteiger partial charge on any atom is 0.245 e. The average Bonchev–Trinajstić information content (AvgIpc) is 2.79. The van der Waals surface area contributed by atoms with E-state index in [0.717, 1.165) is 31.0 Å². The molecule has 5 heteroatoms. The SMILES string of the molecule is O=C(C(Cl)c1cc(F)cc(F)c1)N1CCCC1. The maximum absolute atomic E-state index is 13.0. The summed E-state index contributed by atoms with van der Waals surface area (Å²) >= 11 is 5.96. The number of hydrogen-bond acceptors (Lipinski definition) is 1. The van der Waals surface area contributed by atoms with Gasteiger partial charge in [0.1, 0.15) is 17.0 Å². The predicted molar refractivity (Wildman–Crippen MR) is 60.8 cm³/mol. The molecule has 1 aliphatic rings. The summed E-state index contributed by atoms with van der Waals surface area (Å²) in [5.41, 5.74) is 0.168. The van der Waals surface area contributed by atoms with Gasteiger partial charge in [-0.3, -0.25) is 4.79 Å². The highest BCUT2D eigenvalue weighted by atomic mass is 35.5. The molecule has 0 aromatic heterocycles. The lowest BCUT2D eigenvalue weighted by Crippen LogP contribution is -2.30. The molecule has 1 saturated heterocycles. The highest BCUT2D eigenvalue weighted by molar-refractivity contribution is 6.30. The molecule has 0 spiro atoms. The summed E-state index contributed by atoms with van der Waals surface area (Å²) < 4.78 is 26.0. The predicted octanol–water partition coefficient (Wildman–Crippen LogP) is 2.87. The second-order valence-electron chi connectivity index (χ2n) is 4.10. The Morgan fingerprint density at radius 2 is 1.71 bits per heavy atom. The van der Waals surface area contributed by atoms with Gasteiger partial charge in [-0.1, -0.05) is 0 Å². The molecule has 0 bridgehead atoms. The van der Waals surface area contributed by atoms with Gasteiger partial charge in [0.15, 0.2) is 0 Å². The first-order valence-electron chi connectivity index (χ1n) is 5.47. The van der Waals surface area contributed by atoms with E-state index in [1.54, 1.807) is 4.90 Å². The number of likely N-dealkylation sites (tertiary alicyclic amines) is 1. The summed E-state index contributed by atoms with van der Waals surface area (Å²) in [6.45, 7) is 1.33. The molecule has 1 atom stereocenters. The number of carbonyl (C=O) groups is 1. The zero-order valence-electron chi connectivity index (χ0n) is 9.13. The Morgan fingerprint density at radius 1 is 1.18 bits per heavy atom. The van der Waals surface area contributed by atoms with Crippen LogP contribution in [0.5, 0.6) is 0 Å². The second-order valence-corrected chi connectivity index (χ2v) is 4.53. The number of carbonyl (C=O) groups excluding carboxylic acids is 1.